The second-order valence-corrected chi connectivity index (χ2v) is 6.27. The number of carboxylic acids is 1. The van der Waals surface area contributed by atoms with Crippen molar-refractivity contribution in [3.63, 3.8) is 0 Å². The molecule has 0 radical (unpaired) electrons. The molecule has 0 aromatic heterocycles. The molecule has 2 unspecified atom stereocenters. The molecule has 2 aromatic rings. The van der Waals surface area contributed by atoms with Gasteiger partial charge >= 0.3 is 5.97 Å². The topological polar surface area (TPSA) is 59.0 Å². The molecule has 0 bridgehead atoms. The smallest absolute Gasteiger partial charge is 0.320 e. The van der Waals surface area contributed by atoms with Crippen LogP contribution in [-0.2, 0) is 4.79 Å². The Morgan fingerprint density at radius 2 is 1.85 bits per heavy atom. The summed E-state index contributed by atoms with van der Waals surface area (Å²) in [5.74, 6) is -0.0884. The van der Waals surface area contributed by atoms with Gasteiger partial charge < -0.3 is 14.6 Å². The molecule has 5 nitrogen and oxygen atoms in total. The second-order valence-electron chi connectivity index (χ2n) is 6.27. The van der Waals surface area contributed by atoms with Crippen LogP contribution in [0.2, 0.25) is 0 Å². The van der Waals surface area contributed by atoms with Crippen molar-refractivity contribution in [1.29, 1.82) is 0 Å². The van der Waals surface area contributed by atoms with Crippen LogP contribution in [0.3, 0.4) is 0 Å². The summed E-state index contributed by atoms with van der Waals surface area (Å²) in [7, 11) is 3.11. The van der Waals surface area contributed by atoms with Crippen LogP contribution < -0.4 is 9.47 Å². The lowest BCUT2D eigenvalue weighted by molar-refractivity contribution is -0.142. The van der Waals surface area contributed by atoms with E-state index in [0.29, 0.717) is 35.6 Å². The third kappa shape index (κ3) is 3.37. The van der Waals surface area contributed by atoms with E-state index in [1.54, 1.807) is 38.5 Å². The first kappa shape index (κ1) is 18.2. The molecule has 1 saturated heterocycles. The Bertz CT molecular complexity index is 773. The molecule has 3 rings (SSSR count). The Morgan fingerprint density at radius 3 is 2.42 bits per heavy atom. The van der Waals surface area contributed by atoms with E-state index in [4.69, 9.17) is 9.47 Å². The molecule has 1 aliphatic rings. The van der Waals surface area contributed by atoms with Crippen molar-refractivity contribution < 1.29 is 23.8 Å². The first-order chi connectivity index (χ1) is 12.6. The minimum Gasteiger partial charge on any atom is -0.496 e. The van der Waals surface area contributed by atoms with Crippen molar-refractivity contribution in [2.45, 2.75) is 24.9 Å². The maximum atomic E-state index is 14.0. The second kappa shape index (κ2) is 7.74. The normalized spacial score (nSPS) is 18.5. The Kier molecular flexibility index (Phi) is 5.42. The first-order valence-electron chi connectivity index (χ1n) is 8.51. The lowest BCUT2D eigenvalue weighted by Crippen LogP contribution is -2.39. The molecule has 2 atom stereocenters. The van der Waals surface area contributed by atoms with E-state index < -0.39 is 18.1 Å². The van der Waals surface area contributed by atoms with Crippen molar-refractivity contribution in [1.82, 2.24) is 4.90 Å². The fraction of sp³-hybridized carbons (Fsp3) is 0.350. The highest BCUT2D eigenvalue weighted by atomic mass is 19.1. The van der Waals surface area contributed by atoms with Crippen LogP contribution >= 0.6 is 0 Å². The summed E-state index contributed by atoms with van der Waals surface area (Å²) < 4.78 is 25.0. The van der Waals surface area contributed by atoms with Crippen LogP contribution in [0.25, 0.3) is 0 Å². The summed E-state index contributed by atoms with van der Waals surface area (Å²) in [6.45, 7) is 0.597. The van der Waals surface area contributed by atoms with Crippen molar-refractivity contribution >= 4 is 5.97 Å². The lowest BCUT2D eigenvalue weighted by atomic mass is 9.94. The fourth-order valence-corrected chi connectivity index (χ4v) is 3.71. The number of methoxy groups -OCH3 is 2. The molecule has 0 amide bonds. The summed E-state index contributed by atoms with van der Waals surface area (Å²) in [6, 6.07) is 10.5. The van der Waals surface area contributed by atoms with E-state index in [2.05, 4.69) is 0 Å². The summed E-state index contributed by atoms with van der Waals surface area (Å²) in [4.78, 5) is 13.7. The average Bonchev–Trinajstić information content (AvgIpc) is 3.12. The van der Waals surface area contributed by atoms with Gasteiger partial charge in [-0.2, -0.15) is 0 Å². The highest BCUT2D eigenvalue weighted by molar-refractivity contribution is 5.74. The third-order valence-electron chi connectivity index (χ3n) is 4.81. The molecule has 6 heteroatoms. The number of rotatable bonds is 6. The Morgan fingerprint density at radius 1 is 1.19 bits per heavy atom. The number of aliphatic carboxylic acids is 1. The van der Waals surface area contributed by atoms with Gasteiger partial charge in [0.2, 0.25) is 0 Å². The Hall–Kier alpha value is -2.60. The lowest BCUT2D eigenvalue weighted by Gasteiger charge is -2.33. The number of benzene rings is 2. The number of likely N-dealkylation sites (tertiary alicyclic amines) is 1. The SMILES string of the molecule is COc1cccc(OC)c1C(c1cccc(F)c1)N1CCCC1C(=O)O. The molecule has 1 fully saturated rings. The van der Waals surface area contributed by atoms with Gasteiger partial charge in [0.05, 0.1) is 25.8 Å². The largest absolute Gasteiger partial charge is 0.496 e. The molecule has 1 heterocycles. The van der Waals surface area contributed by atoms with Gasteiger partial charge in [0, 0.05) is 6.54 Å². The standard InChI is InChI=1S/C20H22FNO4/c1-25-16-9-4-10-17(26-2)18(16)19(13-6-3-7-14(21)12-13)22-11-5-8-15(22)20(23)24/h3-4,6-7,9-10,12,15,19H,5,8,11H2,1-2H3,(H,23,24). The zero-order valence-electron chi connectivity index (χ0n) is 14.8. The number of hydrogen-bond acceptors (Lipinski definition) is 4. The highest BCUT2D eigenvalue weighted by Crippen LogP contribution is 2.43. The molecular formula is C20H22FNO4. The fourth-order valence-electron chi connectivity index (χ4n) is 3.71. The average molecular weight is 359 g/mol. The highest BCUT2D eigenvalue weighted by Gasteiger charge is 2.39. The first-order valence-corrected chi connectivity index (χ1v) is 8.51. The monoisotopic (exact) mass is 359 g/mol. The van der Waals surface area contributed by atoms with E-state index in [-0.39, 0.29) is 5.82 Å². The molecule has 26 heavy (non-hydrogen) atoms. The number of hydrogen-bond donors (Lipinski definition) is 1. The number of ether oxygens (including phenoxy) is 2. The van der Waals surface area contributed by atoms with Gasteiger partial charge in [0.15, 0.2) is 0 Å². The molecule has 0 spiro atoms. The maximum Gasteiger partial charge on any atom is 0.320 e. The van der Waals surface area contributed by atoms with E-state index in [1.165, 1.54) is 12.1 Å². The summed E-state index contributed by atoms with van der Waals surface area (Å²) in [5, 5.41) is 9.66. The Labute approximate surface area is 152 Å². The Balaban J connectivity index is 2.21. The maximum absolute atomic E-state index is 14.0. The van der Waals surface area contributed by atoms with Gasteiger partial charge in [-0.1, -0.05) is 18.2 Å². The van der Waals surface area contributed by atoms with Crippen LogP contribution in [-0.4, -0.2) is 42.8 Å². The predicted molar refractivity (Wildman–Crippen MR) is 95.2 cm³/mol. The molecule has 1 N–H and O–H groups in total. The quantitative estimate of drug-likeness (QED) is 0.856. The predicted octanol–water partition coefficient (Wildman–Crippen LogP) is 3.48. The van der Waals surface area contributed by atoms with E-state index in [1.807, 2.05) is 11.0 Å². The van der Waals surface area contributed by atoms with Gasteiger partial charge in [-0.15, -0.1) is 0 Å². The van der Waals surface area contributed by atoms with Crippen molar-refractivity contribution in [3.05, 3.63) is 59.4 Å². The van der Waals surface area contributed by atoms with Crippen LogP contribution in [0.5, 0.6) is 11.5 Å². The van der Waals surface area contributed by atoms with Crippen molar-refractivity contribution in [2.24, 2.45) is 0 Å². The van der Waals surface area contributed by atoms with Gasteiger partial charge in [-0.3, -0.25) is 9.69 Å². The van der Waals surface area contributed by atoms with Crippen molar-refractivity contribution in [3.8, 4) is 11.5 Å². The zero-order chi connectivity index (χ0) is 18.7. The van der Waals surface area contributed by atoms with Gasteiger partial charge in [-0.25, -0.2) is 4.39 Å². The summed E-state index contributed by atoms with van der Waals surface area (Å²) in [5.41, 5.74) is 1.37. The molecule has 2 aromatic carbocycles. The minimum atomic E-state index is -0.877. The van der Waals surface area contributed by atoms with Crippen molar-refractivity contribution in [2.75, 3.05) is 20.8 Å². The van der Waals surface area contributed by atoms with E-state index in [9.17, 15) is 14.3 Å². The third-order valence-corrected chi connectivity index (χ3v) is 4.81. The molecule has 138 valence electrons. The molecule has 1 aliphatic heterocycles. The number of nitrogens with zero attached hydrogens (tertiary/aromatic N) is 1. The summed E-state index contributed by atoms with van der Waals surface area (Å²) >= 11 is 0. The van der Waals surface area contributed by atoms with Gasteiger partial charge in [-0.05, 0) is 42.7 Å². The van der Waals surface area contributed by atoms with Crippen LogP contribution in [0.15, 0.2) is 42.5 Å². The minimum absolute atomic E-state index is 0.368. The van der Waals surface area contributed by atoms with Crippen LogP contribution in [0, 0.1) is 5.82 Å². The number of halogens is 1. The molecular weight excluding hydrogens is 337 g/mol. The molecule has 0 aliphatic carbocycles. The van der Waals surface area contributed by atoms with Crippen LogP contribution in [0.4, 0.5) is 4.39 Å². The zero-order valence-corrected chi connectivity index (χ0v) is 14.8. The molecule has 0 saturated carbocycles. The van der Waals surface area contributed by atoms with Crippen LogP contribution in [0.1, 0.15) is 30.0 Å². The van der Waals surface area contributed by atoms with E-state index >= 15 is 0 Å². The number of carboxylic acid groups (broad SMARTS) is 1. The van der Waals surface area contributed by atoms with Gasteiger partial charge in [0.1, 0.15) is 23.4 Å². The van der Waals surface area contributed by atoms with E-state index in [0.717, 1.165) is 6.42 Å². The summed E-state index contributed by atoms with van der Waals surface area (Å²) in [6.07, 6.45) is 1.32. The number of carbonyl (C=O) groups is 1. The van der Waals surface area contributed by atoms with Gasteiger partial charge in [0.25, 0.3) is 0 Å².